The monoisotopic (exact) mass is 256 g/mol. The highest BCUT2D eigenvalue weighted by atomic mass is 16.5. The Balaban J connectivity index is 2.15. The first-order valence-corrected chi connectivity index (χ1v) is 6.19. The minimum atomic E-state index is -0.801. The summed E-state index contributed by atoms with van der Waals surface area (Å²) in [5.41, 5.74) is 2.08. The van der Waals surface area contributed by atoms with Gasteiger partial charge >= 0.3 is 5.97 Å². The van der Waals surface area contributed by atoms with Crippen LogP contribution in [-0.4, -0.2) is 11.1 Å². The van der Waals surface area contributed by atoms with Crippen LogP contribution in [0.25, 0.3) is 0 Å². The third-order valence-corrected chi connectivity index (χ3v) is 2.83. The molecule has 0 radical (unpaired) electrons. The van der Waals surface area contributed by atoms with E-state index in [-0.39, 0.29) is 6.42 Å². The van der Waals surface area contributed by atoms with E-state index in [1.165, 1.54) is 5.56 Å². The predicted molar refractivity (Wildman–Crippen MR) is 73.7 cm³/mol. The van der Waals surface area contributed by atoms with E-state index in [0.717, 1.165) is 11.3 Å². The fourth-order valence-electron chi connectivity index (χ4n) is 1.78. The molecule has 0 atom stereocenters. The van der Waals surface area contributed by atoms with Gasteiger partial charge in [0.1, 0.15) is 11.5 Å². The Morgan fingerprint density at radius 3 is 2.47 bits per heavy atom. The molecule has 98 valence electrons. The van der Waals surface area contributed by atoms with Gasteiger partial charge in [-0.1, -0.05) is 35.9 Å². The number of hydrogen-bond acceptors (Lipinski definition) is 2. The van der Waals surface area contributed by atoms with Gasteiger partial charge in [0.25, 0.3) is 0 Å². The molecule has 3 nitrogen and oxygen atoms in total. The van der Waals surface area contributed by atoms with Crippen molar-refractivity contribution in [3.63, 3.8) is 0 Å². The molecule has 0 spiro atoms. The van der Waals surface area contributed by atoms with E-state index < -0.39 is 5.97 Å². The molecule has 0 saturated carbocycles. The van der Waals surface area contributed by atoms with Crippen molar-refractivity contribution in [3.05, 3.63) is 59.7 Å². The number of carboxylic acid groups (broad SMARTS) is 1. The largest absolute Gasteiger partial charge is 0.481 e. The summed E-state index contributed by atoms with van der Waals surface area (Å²) < 4.78 is 5.80. The standard InChI is InChI=1S/C16H16O3/c1-12-6-9-14(10-7-12)19-15-5-3-2-4-13(15)8-11-16(17)18/h2-7,9-10H,8,11H2,1H3,(H,17,18). The molecule has 3 heteroatoms. The summed E-state index contributed by atoms with van der Waals surface area (Å²) in [6.45, 7) is 2.02. The molecule has 0 heterocycles. The molecule has 2 aromatic rings. The molecule has 19 heavy (non-hydrogen) atoms. The van der Waals surface area contributed by atoms with Crippen LogP contribution in [0, 0.1) is 6.92 Å². The first-order valence-electron chi connectivity index (χ1n) is 6.19. The first kappa shape index (κ1) is 13.1. The van der Waals surface area contributed by atoms with Crippen molar-refractivity contribution in [1.29, 1.82) is 0 Å². The minimum Gasteiger partial charge on any atom is -0.481 e. The second-order valence-corrected chi connectivity index (χ2v) is 4.42. The first-order chi connectivity index (χ1) is 9.15. The normalized spacial score (nSPS) is 10.2. The van der Waals surface area contributed by atoms with E-state index in [0.29, 0.717) is 12.2 Å². The highest BCUT2D eigenvalue weighted by molar-refractivity contribution is 5.67. The molecule has 0 amide bonds. The Morgan fingerprint density at radius 2 is 1.79 bits per heavy atom. The maximum Gasteiger partial charge on any atom is 0.303 e. The SMILES string of the molecule is Cc1ccc(Oc2ccccc2CCC(=O)O)cc1. The number of rotatable bonds is 5. The quantitative estimate of drug-likeness (QED) is 0.885. The highest BCUT2D eigenvalue weighted by Crippen LogP contribution is 2.26. The zero-order valence-corrected chi connectivity index (χ0v) is 10.8. The Bertz CT molecular complexity index is 558. The Labute approximate surface area is 112 Å². The third-order valence-electron chi connectivity index (χ3n) is 2.83. The van der Waals surface area contributed by atoms with Gasteiger partial charge in [0, 0.05) is 6.42 Å². The number of aliphatic carboxylic acids is 1. The van der Waals surface area contributed by atoms with Gasteiger partial charge in [-0.05, 0) is 37.1 Å². The number of para-hydroxylation sites is 1. The zero-order valence-electron chi connectivity index (χ0n) is 10.8. The summed E-state index contributed by atoms with van der Waals surface area (Å²) in [6.07, 6.45) is 0.575. The Hall–Kier alpha value is -2.29. The van der Waals surface area contributed by atoms with Crippen molar-refractivity contribution in [2.45, 2.75) is 19.8 Å². The van der Waals surface area contributed by atoms with E-state index >= 15 is 0 Å². The molecule has 0 aliphatic rings. The Morgan fingerprint density at radius 1 is 1.11 bits per heavy atom. The van der Waals surface area contributed by atoms with Gasteiger partial charge in [-0.3, -0.25) is 4.79 Å². The fourth-order valence-corrected chi connectivity index (χ4v) is 1.78. The molecule has 0 bridgehead atoms. The molecule has 0 saturated heterocycles. The lowest BCUT2D eigenvalue weighted by atomic mass is 10.1. The highest BCUT2D eigenvalue weighted by Gasteiger charge is 2.06. The summed E-state index contributed by atoms with van der Waals surface area (Å²) in [4.78, 5) is 10.6. The van der Waals surface area contributed by atoms with Crippen LogP contribution >= 0.6 is 0 Å². The summed E-state index contributed by atoms with van der Waals surface area (Å²) in [7, 11) is 0. The molecule has 0 aliphatic carbocycles. The molecule has 0 unspecified atom stereocenters. The van der Waals surface area contributed by atoms with Crippen LogP contribution in [0.2, 0.25) is 0 Å². The van der Waals surface area contributed by atoms with E-state index in [2.05, 4.69) is 0 Å². The van der Waals surface area contributed by atoms with E-state index in [4.69, 9.17) is 9.84 Å². The summed E-state index contributed by atoms with van der Waals surface area (Å²) in [6, 6.07) is 15.3. The summed E-state index contributed by atoms with van der Waals surface area (Å²) >= 11 is 0. The lowest BCUT2D eigenvalue weighted by Gasteiger charge is -2.10. The molecule has 2 rings (SSSR count). The second-order valence-electron chi connectivity index (χ2n) is 4.42. The summed E-state index contributed by atoms with van der Waals surface area (Å²) in [5.74, 6) is 0.672. The molecular formula is C16H16O3. The van der Waals surface area contributed by atoms with Gasteiger partial charge < -0.3 is 9.84 Å². The predicted octanol–water partition coefficient (Wildman–Crippen LogP) is 3.80. The molecule has 0 fully saturated rings. The number of carboxylic acids is 1. The van der Waals surface area contributed by atoms with Crippen LogP contribution in [0.15, 0.2) is 48.5 Å². The number of benzene rings is 2. The average molecular weight is 256 g/mol. The van der Waals surface area contributed by atoms with Gasteiger partial charge in [0.15, 0.2) is 0 Å². The van der Waals surface area contributed by atoms with Crippen molar-refractivity contribution >= 4 is 5.97 Å². The minimum absolute atomic E-state index is 0.105. The van der Waals surface area contributed by atoms with Crippen LogP contribution in [0.3, 0.4) is 0 Å². The fraction of sp³-hybridized carbons (Fsp3) is 0.188. The van der Waals surface area contributed by atoms with Crippen molar-refractivity contribution in [2.75, 3.05) is 0 Å². The van der Waals surface area contributed by atoms with E-state index in [9.17, 15) is 4.79 Å². The number of hydrogen-bond donors (Lipinski definition) is 1. The van der Waals surface area contributed by atoms with Gasteiger partial charge in [-0.25, -0.2) is 0 Å². The maximum absolute atomic E-state index is 10.6. The Kier molecular flexibility index (Phi) is 4.18. The molecule has 0 aromatic heterocycles. The average Bonchev–Trinajstić information content (AvgIpc) is 2.40. The molecular weight excluding hydrogens is 240 g/mol. The summed E-state index contributed by atoms with van der Waals surface area (Å²) in [5, 5.41) is 8.75. The molecule has 2 aromatic carbocycles. The van der Waals surface area contributed by atoms with Crippen LogP contribution in [0.4, 0.5) is 0 Å². The van der Waals surface area contributed by atoms with Crippen LogP contribution in [0.5, 0.6) is 11.5 Å². The van der Waals surface area contributed by atoms with Gasteiger partial charge in [0.2, 0.25) is 0 Å². The van der Waals surface area contributed by atoms with Crippen LogP contribution < -0.4 is 4.74 Å². The number of carbonyl (C=O) groups is 1. The smallest absolute Gasteiger partial charge is 0.303 e. The van der Waals surface area contributed by atoms with Crippen molar-refractivity contribution in [1.82, 2.24) is 0 Å². The van der Waals surface area contributed by atoms with Gasteiger partial charge in [0.05, 0.1) is 0 Å². The van der Waals surface area contributed by atoms with E-state index in [1.54, 1.807) is 0 Å². The number of ether oxygens (including phenoxy) is 1. The zero-order chi connectivity index (χ0) is 13.7. The van der Waals surface area contributed by atoms with Crippen LogP contribution in [-0.2, 0) is 11.2 Å². The van der Waals surface area contributed by atoms with Gasteiger partial charge in [-0.15, -0.1) is 0 Å². The maximum atomic E-state index is 10.6. The topological polar surface area (TPSA) is 46.5 Å². The lowest BCUT2D eigenvalue weighted by molar-refractivity contribution is -0.136. The van der Waals surface area contributed by atoms with Crippen LogP contribution in [0.1, 0.15) is 17.5 Å². The third kappa shape index (κ3) is 3.85. The van der Waals surface area contributed by atoms with Crippen molar-refractivity contribution < 1.29 is 14.6 Å². The number of aryl methyl sites for hydroxylation is 2. The molecule has 0 aliphatic heterocycles. The second kappa shape index (κ2) is 6.05. The molecule has 1 N–H and O–H groups in total. The van der Waals surface area contributed by atoms with Crippen molar-refractivity contribution in [2.24, 2.45) is 0 Å². The van der Waals surface area contributed by atoms with Gasteiger partial charge in [-0.2, -0.15) is 0 Å². The lowest BCUT2D eigenvalue weighted by Crippen LogP contribution is -1.99. The van der Waals surface area contributed by atoms with E-state index in [1.807, 2.05) is 55.5 Å². The van der Waals surface area contributed by atoms with Crippen molar-refractivity contribution in [3.8, 4) is 11.5 Å².